The minimum absolute atomic E-state index is 0.0499. The normalized spacial score (nSPS) is 10.9. The van der Waals surface area contributed by atoms with E-state index in [9.17, 15) is 9.59 Å². The summed E-state index contributed by atoms with van der Waals surface area (Å²) in [5.74, 6) is 0.0499. The summed E-state index contributed by atoms with van der Waals surface area (Å²) in [6, 6.07) is 0. The number of alkyl carbamates (subject to hydrolysis) is 1. The zero-order valence-corrected chi connectivity index (χ0v) is 10.1. The molecule has 1 amide bonds. The lowest BCUT2D eigenvalue weighted by Gasteiger charge is -2.24. The molecule has 88 valence electrons. The minimum Gasteiger partial charge on any atom is -0.450 e. The van der Waals surface area contributed by atoms with E-state index in [0.717, 1.165) is 12.8 Å². The molecule has 0 radical (unpaired) electrons. The Morgan fingerprint density at radius 1 is 1.33 bits per heavy atom. The van der Waals surface area contributed by atoms with Gasteiger partial charge in [0.15, 0.2) is 0 Å². The number of unbranched alkanes of at least 4 members (excludes halogenated alkanes) is 1. The second-order valence-corrected chi connectivity index (χ2v) is 4.38. The number of nitrogens with one attached hydrogen (secondary N) is 1. The summed E-state index contributed by atoms with van der Waals surface area (Å²) in [5, 5.41) is 2.66. The number of Topliss-reactive ketones (excluding diaryl/α,β-unsaturated/α-hetero) is 1. The predicted octanol–water partition coefficient (Wildman–Crippen LogP) is 2.27. The molecule has 0 saturated heterocycles. The molecule has 0 aliphatic rings. The van der Waals surface area contributed by atoms with Crippen LogP contribution in [0.2, 0.25) is 0 Å². The van der Waals surface area contributed by atoms with Gasteiger partial charge in [-0.15, -0.1) is 0 Å². The van der Waals surface area contributed by atoms with Crippen LogP contribution in [0.15, 0.2) is 0 Å². The zero-order valence-electron chi connectivity index (χ0n) is 10.1. The van der Waals surface area contributed by atoms with Crippen molar-refractivity contribution in [2.75, 3.05) is 6.61 Å². The average Bonchev–Trinajstić information content (AvgIpc) is 2.00. The number of amides is 1. The van der Waals surface area contributed by atoms with E-state index in [2.05, 4.69) is 5.32 Å². The number of carbonyl (C=O) groups is 2. The Morgan fingerprint density at radius 2 is 1.93 bits per heavy atom. The third-order valence-electron chi connectivity index (χ3n) is 1.86. The minimum atomic E-state index is -0.533. The van der Waals surface area contributed by atoms with E-state index in [1.54, 1.807) is 13.8 Å². The van der Waals surface area contributed by atoms with Crippen molar-refractivity contribution in [2.45, 2.75) is 52.5 Å². The Bertz CT molecular complexity index is 224. The topological polar surface area (TPSA) is 55.4 Å². The molecule has 4 heteroatoms. The highest BCUT2D eigenvalue weighted by Crippen LogP contribution is 2.08. The van der Waals surface area contributed by atoms with Crippen LogP contribution in [0.3, 0.4) is 0 Å². The third-order valence-corrected chi connectivity index (χ3v) is 1.86. The van der Waals surface area contributed by atoms with Gasteiger partial charge in [-0.2, -0.15) is 0 Å². The molecular weight excluding hydrogens is 194 g/mol. The fourth-order valence-electron chi connectivity index (χ4n) is 1.29. The molecular formula is C11H21NO3. The van der Waals surface area contributed by atoms with Crippen molar-refractivity contribution < 1.29 is 14.3 Å². The SMILES string of the molecule is CCCCOC(=O)NC(C)(C)CC(C)=O. The van der Waals surface area contributed by atoms with Crippen molar-refractivity contribution >= 4 is 11.9 Å². The Morgan fingerprint density at radius 3 is 2.40 bits per heavy atom. The van der Waals surface area contributed by atoms with Gasteiger partial charge in [0.25, 0.3) is 0 Å². The molecule has 0 bridgehead atoms. The Labute approximate surface area is 91.4 Å². The van der Waals surface area contributed by atoms with Crippen molar-refractivity contribution in [1.29, 1.82) is 0 Å². The standard InChI is InChI=1S/C11H21NO3/c1-5-6-7-15-10(14)12-11(3,4)8-9(2)13/h5-8H2,1-4H3,(H,12,14). The molecule has 0 aromatic carbocycles. The maximum absolute atomic E-state index is 11.3. The maximum atomic E-state index is 11.3. The lowest BCUT2D eigenvalue weighted by molar-refractivity contribution is -0.118. The summed E-state index contributed by atoms with van der Waals surface area (Å²) in [6.45, 7) is 7.57. The van der Waals surface area contributed by atoms with Crippen LogP contribution in [0.1, 0.15) is 47.0 Å². The van der Waals surface area contributed by atoms with Gasteiger partial charge in [0.05, 0.1) is 6.61 Å². The third kappa shape index (κ3) is 7.97. The Balaban J connectivity index is 3.88. The first-order valence-corrected chi connectivity index (χ1v) is 5.32. The average molecular weight is 215 g/mol. The number of hydrogen-bond acceptors (Lipinski definition) is 3. The molecule has 1 N–H and O–H groups in total. The van der Waals surface area contributed by atoms with E-state index in [1.807, 2.05) is 6.92 Å². The maximum Gasteiger partial charge on any atom is 0.407 e. The molecule has 15 heavy (non-hydrogen) atoms. The lowest BCUT2D eigenvalue weighted by Crippen LogP contribution is -2.44. The first kappa shape index (κ1) is 13.9. The van der Waals surface area contributed by atoms with Crippen molar-refractivity contribution in [3.8, 4) is 0 Å². The van der Waals surface area contributed by atoms with E-state index in [0.29, 0.717) is 13.0 Å². The number of carbonyl (C=O) groups excluding carboxylic acids is 2. The molecule has 0 rings (SSSR count). The molecule has 0 aliphatic heterocycles. The van der Waals surface area contributed by atoms with Gasteiger partial charge >= 0.3 is 6.09 Å². The van der Waals surface area contributed by atoms with Crippen molar-refractivity contribution in [3.05, 3.63) is 0 Å². The van der Waals surface area contributed by atoms with Gasteiger partial charge in [-0.1, -0.05) is 13.3 Å². The van der Waals surface area contributed by atoms with Gasteiger partial charge in [0, 0.05) is 12.0 Å². The van der Waals surface area contributed by atoms with Gasteiger partial charge in [0.2, 0.25) is 0 Å². The molecule has 0 aromatic rings. The van der Waals surface area contributed by atoms with Gasteiger partial charge in [-0.05, 0) is 27.2 Å². The van der Waals surface area contributed by atoms with Crippen LogP contribution < -0.4 is 5.32 Å². The van der Waals surface area contributed by atoms with Crippen molar-refractivity contribution in [2.24, 2.45) is 0 Å². The summed E-state index contributed by atoms with van der Waals surface area (Å²) in [4.78, 5) is 22.2. The van der Waals surface area contributed by atoms with E-state index < -0.39 is 11.6 Å². The van der Waals surface area contributed by atoms with E-state index >= 15 is 0 Å². The molecule has 0 heterocycles. The van der Waals surface area contributed by atoms with Crippen LogP contribution in [0, 0.1) is 0 Å². The smallest absolute Gasteiger partial charge is 0.407 e. The lowest BCUT2D eigenvalue weighted by atomic mass is 9.99. The molecule has 0 unspecified atom stereocenters. The monoisotopic (exact) mass is 215 g/mol. The van der Waals surface area contributed by atoms with E-state index in [-0.39, 0.29) is 5.78 Å². The van der Waals surface area contributed by atoms with E-state index in [1.165, 1.54) is 6.92 Å². The fourth-order valence-corrected chi connectivity index (χ4v) is 1.29. The van der Waals surface area contributed by atoms with Crippen LogP contribution in [0.25, 0.3) is 0 Å². The number of rotatable bonds is 6. The number of ether oxygens (including phenoxy) is 1. The molecule has 4 nitrogen and oxygen atoms in total. The molecule has 0 aliphatic carbocycles. The van der Waals surface area contributed by atoms with Crippen LogP contribution in [0.5, 0.6) is 0 Å². The summed E-state index contributed by atoms with van der Waals surface area (Å²) in [5.41, 5.74) is -0.533. The molecule has 0 fully saturated rings. The highest BCUT2D eigenvalue weighted by molar-refractivity contribution is 5.78. The largest absolute Gasteiger partial charge is 0.450 e. The molecule has 0 atom stereocenters. The quantitative estimate of drug-likeness (QED) is 0.691. The van der Waals surface area contributed by atoms with Gasteiger partial charge in [0.1, 0.15) is 5.78 Å². The van der Waals surface area contributed by atoms with Crippen molar-refractivity contribution in [3.63, 3.8) is 0 Å². The summed E-state index contributed by atoms with van der Waals surface area (Å²) >= 11 is 0. The van der Waals surface area contributed by atoms with Crippen molar-refractivity contribution in [1.82, 2.24) is 5.32 Å². The van der Waals surface area contributed by atoms with Crippen LogP contribution >= 0.6 is 0 Å². The van der Waals surface area contributed by atoms with E-state index in [4.69, 9.17) is 4.74 Å². The van der Waals surface area contributed by atoms with Gasteiger partial charge in [-0.25, -0.2) is 4.79 Å². The van der Waals surface area contributed by atoms with Gasteiger partial charge in [-0.3, -0.25) is 4.79 Å². The number of ketones is 1. The predicted molar refractivity (Wildman–Crippen MR) is 58.8 cm³/mol. The second kappa shape index (κ2) is 6.43. The Hall–Kier alpha value is -1.06. The summed E-state index contributed by atoms with van der Waals surface area (Å²) < 4.78 is 4.94. The number of hydrogen-bond donors (Lipinski definition) is 1. The molecule has 0 aromatic heterocycles. The highest BCUT2D eigenvalue weighted by atomic mass is 16.5. The summed E-state index contributed by atoms with van der Waals surface area (Å²) in [7, 11) is 0. The summed E-state index contributed by atoms with van der Waals surface area (Å²) in [6.07, 6.45) is 1.72. The van der Waals surface area contributed by atoms with Crippen LogP contribution in [-0.2, 0) is 9.53 Å². The first-order valence-electron chi connectivity index (χ1n) is 5.32. The second-order valence-electron chi connectivity index (χ2n) is 4.38. The first-order chi connectivity index (χ1) is 6.87. The molecule has 0 spiro atoms. The van der Waals surface area contributed by atoms with Gasteiger partial charge < -0.3 is 10.1 Å². The van der Waals surface area contributed by atoms with Crippen LogP contribution in [0.4, 0.5) is 4.79 Å². The fraction of sp³-hybridized carbons (Fsp3) is 0.818. The molecule has 0 saturated carbocycles. The Kier molecular flexibility index (Phi) is 5.97. The zero-order chi connectivity index (χ0) is 11.9. The van der Waals surface area contributed by atoms with Crippen LogP contribution in [-0.4, -0.2) is 24.0 Å². The highest BCUT2D eigenvalue weighted by Gasteiger charge is 2.22.